The molecule has 9 rings (SSSR count). The molecule has 2 aliphatic rings. The van der Waals surface area contributed by atoms with E-state index in [0.717, 1.165) is 72.1 Å². The van der Waals surface area contributed by atoms with E-state index in [9.17, 15) is 29.7 Å². The van der Waals surface area contributed by atoms with Gasteiger partial charge < -0.3 is 30.3 Å². The van der Waals surface area contributed by atoms with Crippen molar-refractivity contribution < 1.29 is 34.3 Å². The van der Waals surface area contributed by atoms with Crippen molar-refractivity contribution in [2.75, 3.05) is 52.7 Å². The van der Waals surface area contributed by atoms with Gasteiger partial charge in [0.2, 0.25) is 5.91 Å². The van der Waals surface area contributed by atoms with E-state index in [0.29, 0.717) is 87.1 Å². The molecule has 0 saturated carbocycles. The monoisotopic (exact) mass is 1140 g/mol. The highest BCUT2D eigenvalue weighted by Crippen LogP contribution is 2.44. The van der Waals surface area contributed by atoms with Crippen LogP contribution in [0.1, 0.15) is 73.0 Å². The molecule has 1 aromatic heterocycles. The highest BCUT2D eigenvalue weighted by Gasteiger charge is 2.41. The zero-order valence-electron chi connectivity index (χ0n) is 49.3. The number of thiazole rings is 1. The number of unbranched alkanes of at least 4 members (excludes halogenated alkanes) is 1. The first-order valence-electron chi connectivity index (χ1n) is 28.6. The number of hydrogen-bond acceptors (Lipinski definition) is 11. The molecule has 5 N–H and O–H groups in total. The van der Waals surface area contributed by atoms with Gasteiger partial charge in [-0.15, -0.1) is 11.3 Å². The molecule has 426 valence electrons. The maximum Gasteiger partial charge on any atom is 0.488 e. The lowest BCUT2D eigenvalue weighted by Gasteiger charge is -2.37. The number of aromatic nitrogens is 1. The van der Waals surface area contributed by atoms with E-state index in [2.05, 4.69) is 163 Å². The Balaban J connectivity index is 1.21. The second kappa shape index (κ2) is 26.2. The zero-order chi connectivity index (χ0) is 59.3. The SMILES string of the molecule is C=C(C)C(=O)CCCCN(Cc1ccccc1B(O)O)Cc1c2ccccc2c(CN(CCCNC(=O)C(=C)C)Cc2ccccc2B(O)O)c2ccc(-c3nc(C4=C5C=CC(=[N+](C)C)C=C5[Si](C)(C)c5cc(N(C)C)ccc54)cs3)cc12. The smallest absolute Gasteiger partial charge is 0.423 e. The number of anilines is 1. The van der Waals surface area contributed by atoms with Gasteiger partial charge in [0.05, 0.1) is 5.69 Å². The molecule has 0 unspecified atom stereocenters. The summed E-state index contributed by atoms with van der Waals surface area (Å²) in [6, 6.07) is 37.0. The van der Waals surface area contributed by atoms with E-state index in [1.165, 1.54) is 32.9 Å². The van der Waals surface area contributed by atoms with Crippen molar-refractivity contribution in [2.24, 2.45) is 0 Å². The third-order valence-corrected chi connectivity index (χ3v) is 20.7. The van der Waals surface area contributed by atoms with Gasteiger partial charge in [-0.25, -0.2) is 9.56 Å². The number of carbonyl (C=O) groups is 2. The molecule has 83 heavy (non-hydrogen) atoms. The molecule has 2 heterocycles. The van der Waals surface area contributed by atoms with E-state index in [4.69, 9.17) is 4.98 Å². The largest absolute Gasteiger partial charge is 0.488 e. The Hall–Kier alpha value is -7.11. The summed E-state index contributed by atoms with van der Waals surface area (Å²) >= 11 is 1.64. The third-order valence-electron chi connectivity index (χ3n) is 16.3. The molecule has 0 saturated heterocycles. The Bertz CT molecular complexity index is 3780. The van der Waals surface area contributed by atoms with Gasteiger partial charge >= 0.3 is 14.2 Å². The Morgan fingerprint density at radius 1 is 0.699 bits per heavy atom. The molecule has 0 atom stereocenters. The van der Waals surface area contributed by atoms with Crippen LogP contribution in [0.5, 0.6) is 0 Å². The number of Topliss-reactive ketones (excluding diaryl/α,β-unsaturated/α-hetero) is 1. The molecule has 6 aromatic carbocycles. The molecule has 7 aromatic rings. The standard InChI is InChI=1S/C67H76B2N6O6SSi/c1-44(2)62(76)26-17-18-34-74(39-47-20-11-15-24-59(47)68(78)79)42-58-52-23-14-13-22-51(52)57(41-75(35-19-33-70-66(77)45(3)4)40-48-21-12-16-25-60(48)69(80)81)53-30-27-46(36-56(53)58)67-71-61(43-82-67)65-54-31-28-49(72(5)6)37-63(54)83(9,10)64-38-50(73(7)8)29-32-55(64)65/h11-16,20-25,27-32,36-38,43,78-81H,1,3,17-19,26,33-35,39-42H2,2,4-10H3/p+1. The minimum absolute atomic E-state index is 0.0513. The van der Waals surface area contributed by atoms with Crippen LogP contribution in [0.15, 0.2) is 168 Å². The van der Waals surface area contributed by atoms with Crippen LogP contribution >= 0.6 is 11.3 Å². The summed E-state index contributed by atoms with van der Waals surface area (Å²) < 4.78 is 2.18. The number of benzene rings is 6. The van der Waals surface area contributed by atoms with E-state index in [1.807, 2.05) is 36.4 Å². The predicted molar refractivity (Wildman–Crippen MR) is 348 cm³/mol. The normalized spacial score (nSPS) is 13.6. The summed E-state index contributed by atoms with van der Waals surface area (Å²) in [6.07, 6.45) is 9.33. The molecule has 1 aliphatic heterocycles. The van der Waals surface area contributed by atoms with Gasteiger partial charge in [0, 0.05) is 99.7 Å². The average Bonchev–Trinajstić information content (AvgIpc) is 2.34. The summed E-state index contributed by atoms with van der Waals surface area (Å²) in [5, 5.41) is 55.4. The van der Waals surface area contributed by atoms with Crippen molar-refractivity contribution in [3.8, 4) is 10.6 Å². The van der Waals surface area contributed by atoms with E-state index >= 15 is 0 Å². The minimum Gasteiger partial charge on any atom is -0.423 e. The van der Waals surface area contributed by atoms with Crippen LogP contribution in [0.25, 0.3) is 37.7 Å². The fraction of sp³-hybridized carbons (Fsp3) is 0.284. The second-order valence-electron chi connectivity index (χ2n) is 23.2. The van der Waals surface area contributed by atoms with Crippen molar-refractivity contribution >= 4 is 100.0 Å². The number of fused-ring (bicyclic) bond motifs is 4. The number of amides is 1. The summed E-state index contributed by atoms with van der Waals surface area (Å²) in [5.74, 6) is -0.142. The summed E-state index contributed by atoms with van der Waals surface area (Å²) in [6.45, 7) is 19.6. The predicted octanol–water partition coefficient (Wildman–Crippen LogP) is 8.42. The Kier molecular flexibility index (Phi) is 19.1. The highest BCUT2D eigenvalue weighted by molar-refractivity contribution is 7.13. The molecule has 1 aliphatic carbocycles. The summed E-state index contributed by atoms with van der Waals surface area (Å²) in [5.41, 5.74) is 13.5. The van der Waals surface area contributed by atoms with Crippen molar-refractivity contribution in [2.45, 2.75) is 78.8 Å². The molecule has 0 fully saturated rings. The number of nitrogens with one attached hydrogen (secondary N) is 1. The quantitative estimate of drug-likeness (QED) is 0.0131. The van der Waals surface area contributed by atoms with Gasteiger partial charge in [-0.2, -0.15) is 0 Å². The van der Waals surface area contributed by atoms with Gasteiger partial charge in [-0.3, -0.25) is 19.4 Å². The first kappa shape index (κ1) is 60.5. The van der Waals surface area contributed by atoms with Crippen LogP contribution in [0, 0.1) is 0 Å². The first-order chi connectivity index (χ1) is 39.7. The lowest BCUT2D eigenvalue weighted by molar-refractivity contribution is -0.462. The fourth-order valence-corrected chi connectivity index (χ4v) is 15.6. The molecular formula is C67H77B2N6O6SSi+. The molecule has 0 radical (unpaired) electrons. The lowest BCUT2D eigenvalue weighted by atomic mass is 9.77. The molecular weight excluding hydrogens is 1070 g/mol. The number of hydrogen-bond donors (Lipinski definition) is 5. The number of rotatable bonds is 24. The van der Waals surface area contributed by atoms with Crippen molar-refractivity contribution in [1.29, 1.82) is 0 Å². The van der Waals surface area contributed by atoms with Crippen LogP contribution < -0.4 is 26.3 Å². The van der Waals surface area contributed by atoms with Crippen molar-refractivity contribution in [3.63, 3.8) is 0 Å². The van der Waals surface area contributed by atoms with Crippen LogP contribution in [0.2, 0.25) is 13.1 Å². The van der Waals surface area contributed by atoms with Crippen LogP contribution in [-0.4, -0.2) is 127 Å². The first-order valence-corrected chi connectivity index (χ1v) is 32.5. The highest BCUT2D eigenvalue weighted by atomic mass is 32.1. The summed E-state index contributed by atoms with van der Waals surface area (Å²) in [4.78, 5) is 37.9. The average molecular weight is 1140 g/mol. The number of allylic oxidation sites excluding steroid dienone is 6. The van der Waals surface area contributed by atoms with Crippen LogP contribution in [-0.2, 0) is 35.8 Å². The van der Waals surface area contributed by atoms with Gasteiger partial charge in [-0.05, 0) is 146 Å². The molecule has 16 heteroatoms. The molecule has 12 nitrogen and oxygen atoms in total. The zero-order valence-corrected chi connectivity index (χ0v) is 51.1. The number of nitrogens with zero attached hydrogens (tertiary/aromatic N) is 5. The second-order valence-corrected chi connectivity index (χ2v) is 28.4. The number of carbonyl (C=O) groups excluding carboxylic acids is 2. The maximum atomic E-state index is 12.8. The van der Waals surface area contributed by atoms with Crippen molar-refractivity contribution in [3.05, 3.63) is 201 Å². The third kappa shape index (κ3) is 13.5. The van der Waals surface area contributed by atoms with Gasteiger partial charge in [0.15, 0.2) is 11.5 Å². The summed E-state index contributed by atoms with van der Waals surface area (Å²) in [7, 11) is 2.88. The van der Waals surface area contributed by atoms with Gasteiger partial charge in [0.25, 0.3) is 0 Å². The van der Waals surface area contributed by atoms with Crippen LogP contribution in [0.3, 0.4) is 0 Å². The van der Waals surface area contributed by atoms with Gasteiger partial charge in [0.1, 0.15) is 27.2 Å². The lowest BCUT2D eigenvalue weighted by Crippen LogP contribution is -2.49. The molecule has 1 amide bonds. The Labute approximate surface area is 495 Å². The topological polar surface area (TPSA) is 153 Å². The van der Waals surface area contributed by atoms with Crippen LogP contribution in [0.4, 0.5) is 5.69 Å². The van der Waals surface area contributed by atoms with Gasteiger partial charge in [-0.1, -0.05) is 117 Å². The van der Waals surface area contributed by atoms with Crippen molar-refractivity contribution in [1.82, 2.24) is 20.1 Å². The molecule has 0 bridgehead atoms. The van der Waals surface area contributed by atoms with E-state index in [-0.39, 0.29) is 11.7 Å². The minimum atomic E-state index is -2.20. The fourth-order valence-electron chi connectivity index (χ4n) is 11.7. The maximum absolute atomic E-state index is 12.8. The number of ketones is 1. The molecule has 0 spiro atoms. The Morgan fingerprint density at radius 2 is 1.29 bits per heavy atom. The Morgan fingerprint density at radius 3 is 1.88 bits per heavy atom. The van der Waals surface area contributed by atoms with E-state index < -0.39 is 22.3 Å². The van der Waals surface area contributed by atoms with E-state index in [1.54, 1.807) is 37.3 Å².